The van der Waals surface area contributed by atoms with Gasteiger partial charge in [-0.1, -0.05) is 12.8 Å². The van der Waals surface area contributed by atoms with Gasteiger partial charge in [-0.15, -0.1) is 0 Å². The molecule has 0 bridgehead atoms. The van der Waals surface area contributed by atoms with E-state index in [1.54, 1.807) is 6.33 Å². The molecule has 0 amide bonds. The maximum absolute atomic E-state index is 6.22. The lowest BCUT2D eigenvalue weighted by atomic mass is 10.2. The lowest BCUT2D eigenvalue weighted by molar-refractivity contribution is 0.178. The van der Waals surface area contributed by atoms with Crippen LogP contribution in [0.25, 0.3) is 0 Å². The number of hydrogen-bond donors (Lipinski definition) is 3. The monoisotopic (exact) mass is 291 g/mol. The molecule has 7 heteroatoms. The fourth-order valence-electron chi connectivity index (χ4n) is 2.93. The standard InChI is InChI=1S/C14H25N7/c1-20-6-8-21(9-7-20)19-14-12(15)13(16-10-17-14)18-11-4-2-3-5-11/h10-11H,2-9,15H2,1H3,(H2,16,17,18,19). The molecule has 2 aliphatic rings. The van der Waals surface area contributed by atoms with E-state index < -0.39 is 0 Å². The summed E-state index contributed by atoms with van der Waals surface area (Å²) in [7, 11) is 2.14. The van der Waals surface area contributed by atoms with E-state index in [0.29, 0.717) is 17.5 Å². The Morgan fingerprint density at radius 1 is 1.10 bits per heavy atom. The first-order valence-electron chi connectivity index (χ1n) is 7.79. The molecule has 0 spiro atoms. The smallest absolute Gasteiger partial charge is 0.169 e. The summed E-state index contributed by atoms with van der Waals surface area (Å²) in [6.45, 7) is 4.02. The summed E-state index contributed by atoms with van der Waals surface area (Å²) >= 11 is 0. The molecule has 2 fully saturated rings. The van der Waals surface area contributed by atoms with Crippen molar-refractivity contribution in [2.24, 2.45) is 0 Å². The normalized spacial score (nSPS) is 21.6. The zero-order chi connectivity index (χ0) is 14.7. The third-order valence-corrected chi connectivity index (χ3v) is 4.35. The number of likely N-dealkylation sites (N-methyl/N-ethyl adjacent to an activating group) is 1. The van der Waals surface area contributed by atoms with Crippen molar-refractivity contribution in [3.63, 3.8) is 0 Å². The van der Waals surface area contributed by atoms with Gasteiger partial charge in [-0.2, -0.15) is 0 Å². The minimum Gasteiger partial charge on any atom is -0.393 e. The number of nitrogens with zero attached hydrogens (tertiary/aromatic N) is 4. The molecule has 1 aliphatic heterocycles. The average molecular weight is 291 g/mol. The highest BCUT2D eigenvalue weighted by Gasteiger charge is 2.19. The van der Waals surface area contributed by atoms with Crippen LogP contribution >= 0.6 is 0 Å². The molecule has 7 nitrogen and oxygen atoms in total. The molecule has 0 unspecified atom stereocenters. The second kappa shape index (κ2) is 6.44. The minimum absolute atomic E-state index is 0.499. The summed E-state index contributed by atoms with van der Waals surface area (Å²) in [6.07, 6.45) is 6.55. The van der Waals surface area contributed by atoms with E-state index >= 15 is 0 Å². The van der Waals surface area contributed by atoms with Gasteiger partial charge in [0.25, 0.3) is 0 Å². The van der Waals surface area contributed by atoms with Crippen molar-refractivity contribution < 1.29 is 0 Å². The van der Waals surface area contributed by atoms with Crippen LogP contribution in [-0.4, -0.2) is 59.1 Å². The van der Waals surface area contributed by atoms with E-state index in [1.807, 2.05) is 0 Å². The Kier molecular flexibility index (Phi) is 4.40. The SMILES string of the molecule is CN1CCN(Nc2ncnc(NC3CCCC3)c2N)CC1. The number of aromatic nitrogens is 2. The summed E-state index contributed by atoms with van der Waals surface area (Å²) in [4.78, 5) is 10.9. The van der Waals surface area contributed by atoms with Crippen LogP contribution in [-0.2, 0) is 0 Å². The first kappa shape index (κ1) is 14.3. The predicted molar refractivity (Wildman–Crippen MR) is 85.0 cm³/mol. The lowest BCUT2D eigenvalue weighted by Gasteiger charge is -2.33. The van der Waals surface area contributed by atoms with Gasteiger partial charge in [0, 0.05) is 32.2 Å². The van der Waals surface area contributed by atoms with E-state index in [2.05, 4.69) is 37.7 Å². The first-order valence-corrected chi connectivity index (χ1v) is 7.79. The van der Waals surface area contributed by atoms with Crippen molar-refractivity contribution in [3.8, 4) is 0 Å². The van der Waals surface area contributed by atoms with Gasteiger partial charge in [-0.3, -0.25) is 0 Å². The molecule has 3 rings (SSSR count). The van der Waals surface area contributed by atoms with Crippen molar-refractivity contribution in [1.82, 2.24) is 19.9 Å². The molecule has 1 aromatic rings. The molecule has 2 heterocycles. The second-order valence-electron chi connectivity index (χ2n) is 6.01. The fraction of sp³-hybridized carbons (Fsp3) is 0.714. The van der Waals surface area contributed by atoms with Gasteiger partial charge in [0.15, 0.2) is 11.6 Å². The van der Waals surface area contributed by atoms with Crippen LogP contribution in [0.3, 0.4) is 0 Å². The van der Waals surface area contributed by atoms with Gasteiger partial charge in [0.1, 0.15) is 12.0 Å². The molecule has 0 aromatic carbocycles. The molecular formula is C14H25N7. The maximum Gasteiger partial charge on any atom is 0.169 e. The Balaban J connectivity index is 1.64. The number of nitrogens with two attached hydrogens (primary N) is 1. The van der Waals surface area contributed by atoms with Crippen molar-refractivity contribution in [2.75, 3.05) is 49.7 Å². The number of nitrogen functional groups attached to an aromatic ring is 1. The Morgan fingerprint density at radius 3 is 2.48 bits per heavy atom. The zero-order valence-corrected chi connectivity index (χ0v) is 12.7. The zero-order valence-electron chi connectivity index (χ0n) is 12.7. The Morgan fingerprint density at radius 2 is 1.76 bits per heavy atom. The van der Waals surface area contributed by atoms with Gasteiger partial charge in [-0.25, -0.2) is 15.0 Å². The van der Waals surface area contributed by atoms with E-state index in [1.165, 1.54) is 25.7 Å². The summed E-state index contributed by atoms with van der Waals surface area (Å²) < 4.78 is 0. The Labute approximate surface area is 125 Å². The highest BCUT2D eigenvalue weighted by molar-refractivity contribution is 5.73. The van der Waals surface area contributed by atoms with E-state index in [4.69, 9.17) is 5.73 Å². The van der Waals surface area contributed by atoms with Gasteiger partial charge in [0.2, 0.25) is 0 Å². The first-order chi connectivity index (χ1) is 10.2. The van der Waals surface area contributed by atoms with Crippen LogP contribution in [0.1, 0.15) is 25.7 Å². The molecule has 1 aliphatic carbocycles. The molecule has 116 valence electrons. The number of hydrogen-bond acceptors (Lipinski definition) is 7. The van der Waals surface area contributed by atoms with E-state index in [-0.39, 0.29) is 0 Å². The van der Waals surface area contributed by atoms with Crippen LogP contribution in [0, 0.1) is 0 Å². The quantitative estimate of drug-likeness (QED) is 0.763. The predicted octanol–water partition coefficient (Wildman–Crippen LogP) is 0.988. The topological polar surface area (TPSA) is 82.3 Å². The van der Waals surface area contributed by atoms with Crippen molar-refractivity contribution >= 4 is 17.3 Å². The van der Waals surface area contributed by atoms with Gasteiger partial charge >= 0.3 is 0 Å². The van der Waals surface area contributed by atoms with Crippen LogP contribution in [0.4, 0.5) is 17.3 Å². The second-order valence-corrected chi connectivity index (χ2v) is 6.01. The van der Waals surface area contributed by atoms with Gasteiger partial charge < -0.3 is 21.4 Å². The molecule has 1 saturated carbocycles. The number of anilines is 3. The fourth-order valence-corrected chi connectivity index (χ4v) is 2.93. The van der Waals surface area contributed by atoms with Crippen molar-refractivity contribution in [2.45, 2.75) is 31.7 Å². The molecule has 0 radical (unpaired) electrons. The number of nitrogens with one attached hydrogen (secondary N) is 2. The van der Waals surface area contributed by atoms with Crippen molar-refractivity contribution in [3.05, 3.63) is 6.33 Å². The minimum atomic E-state index is 0.499. The summed E-state index contributed by atoms with van der Waals surface area (Å²) in [6, 6.07) is 0.499. The van der Waals surface area contributed by atoms with Crippen molar-refractivity contribution in [1.29, 1.82) is 0 Å². The Bertz CT molecular complexity index is 464. The van der Waals surface area contributed by atoms with Crippen LogP contribution in [0.15, 0.2) is 6.33 Å². The van der Waals surface area contributed by atoms with Crippen LogP contribution in [0.2, 0.25) is 0 Å². The van der Waals surface area contributed by atoms with Crippen LogP contribution < -0.4 is 16.5 Å². The summed E-state index contributed by atoms with van der Waals surface area (Å²) in [5.74, 6) is 1.46. The largest absolute Gasteiger partial charge is 0.393 e. The van der Waals surface area contributed by atoms with Gasteiger partial charge in [-0.05, 0) is 19.9 Å². The number of rotatable bonds is 4. The summed E-state index contributed by atoms with van der Waals surface area (Å²) in [5, 5.41) is 5.62. The van der Waals surface area contributed by atoms with E-state index in [9.17, 15) is 0 Å². The molecule has 1 saturated heterocycles. The lowest BCUT2D eigenvalue weighted by Crippen LogP contribution is -2.47. The maximum atomic E-state index is 6.22. The van der Waals surface area contributed by atoms with Gasteiger partial charge in [0.05, 0.1) is 0 Å². The molecule has 4 N–H and O–H groups in total. The molecule has 21 heavy (non-hydrogen) atoms. The highest BCUT2D eigenvalue weighted by Crippen LogP contribution is 2.27. The van der Waals surface area contributed by atoms with Crippen LogP contribution in [0.5, 0.6) is 0 Å². The number of hydrazine groups is 1. The van der Waals surface area contributed by atoms with E-state index in [0.717, 1.165) is 32.0 Å². The number of piperazine rings is 1. The Hall–Kier alpha value is -1.60. The highest BCUT2D eigenvalue weighted by atomic mass is 15.5. The average Bonchev–Trinajstić information content (AvgIpc) is 2.99. The molecule has 0 atom stereocenters. The molecule has 1 aromatic heterocycles. The summed E-state index contributed by atoms with van der Waals surface area (Å²) in [5.41, 5.74) is 10.2. The molecular weight excluding hydrogens is 266 g/mol. The third-order valence-electron chi connectivity index (χ3n) is 4.35. The third kappa shape index (κ3) is 3.54.